The molecule has 3 rings (SSSR count). The van der Waals surface area contributed by atoms with Crippen LogP contribution in [-0.2, 0) is 12.8 Å². The monoisotopic (exact) mass is 428 g/mol. The second-order valence-electron chi connectivity index (χ2n) is 8.19. The summed E-state index contributed by atoms with van der Waals surface area (Å²) in [6.45, 7) is 6.05. The average Bonchev–Trinajstić information content (AvgIpc) is 3.38. The molecule has 1 aliphatic carbocycles. The van der Waals surface area contributed by atoms with E-state index in [0.717, 1.165) is 49.3 Å². The number of rotatable bonds is 9. The van der Waals surface area contributed by atoms with Gasteiger partial charge in [0.1, 0.15) is 5.82 Å². The zero-order chi connectivity index (χ0) is 21.3. The molecule has 2 N–H and O–H groups in total. The molecule has 1 aromatic heterocycles. The number of benzene rings is 1. The van der Waals surface area contributed by atoms with Gasteiger partial charge in [0.2, 0.25) is 0 Å². The van der Waals surface area contributed by atoms with Gasteiger partial charge in [-0.25, -0.2) is 0 Å². The van der Waals surface area contributed by atoms with Crippen LogP contribution in [0.2, 0.25) is 0 Å². The molecule has 0 saturated heterocycles. The number of hydrogen-bond donors (Lipinski definition) is 2. The number of guanidine groups is 1. The first-order chi connectivity index (χ1) is 14.6. The van der Waals surface area contributed by atoms with Crippen LogP contribution in [0.25, 0.3) is 0 Å². The van der Waals surface area contributed by atoms with Crippen molar-refractivity contribution in [2.75, 3.05) is 26.4 Å². The lowest BCUT2D eigenvalue weighted by atomic mass is 10.1. The lowest BCUT2D eigenvalue weighted by Gasteiger charge is -2.16. The van der Waals surface area contributed by atoms with Crippen LogP contribution in [-0.4, -0.2) is 47.1 Å². The normalized spacial score (nSPS) is 15.0. The first-order valence-corrected chi connectivity index (χ1v) is 12.3. The third kappa shape index (κ3) is 6.24. The fraction of sp³-hybridized carbons (Fsp3) is 0.609. The summed E-state index contributed by atoms with van der Waals surface area (Å²) in [7, 11) is 1.83. The first kappa shape index (κ1) is 22.7. The van der Waals surface area contributed by atoms with Gasteiger partial charge in [0, 0.05) is 32.6 Å². The predicted octanol–water partition coefficient (Wildman–Crippen LogP) is 4.07. The Morgan fingerprint density at radius 2 is 1.77 bits per heavy atom. The van der Waals surface area contributed by atoms with E-state index in [2.05, 4.69) is 68.7 Å². The molecule has 7 heteroatoms. The molecule has 0 radical (unpaired) electrons. The second kappa shape index (κ2) is 11.4. The van der Waals surface area contributed by atoms with E-state index < -0.39 is 0 Å². The molecule has 30 heavy (non-hydrogen) atoms. The van der Waals surface area contributed by atoms with Crippen LogP contribution in [0.1, 0.15) is 60.7 Å². The van der Waals surface area contributed by atoms with Gasteiger partial charge in [-0.05, 0) is 51.3 Å². The fourth-order valence-corrected chi connectivity index (χ4v) is 4.93. The molecular weight excluding hydrogens is 392 g/mol. The minimum absolute atomic E-state index is 0.588. The molecule has 0 bridgehead atoms. The van der Waals surface area contributed by atoms with E-state index in [4.69, 9.17) is 0 Å². The topological polar surface area (TPSA) is 67.1 Å². The highest BCUT2D eigenvalue weighted by atomic mass is 32.2. The predicted molar refractivity (Wildman–Crippen MR) is 127 cm³/mol. The molecule has 1 fully saturated rings. The van der Waals surface area contributed by atoms with Crippen LogP contribution in [0, 0.1) is 13.8 Å². The van der Waals surface area contributed by atoms with Gasteiger partial charge in [-0.15, -0.1) is 10.2 Å². The highest BCUT2D eigenvalue weighted by Crippen LogP contribution is 2.33. The Labute approximate surface area is 185 Å². The Kier molecular flexibility index (Phi) is 8.61. The van der Waals surface area contributed by atoms with Crippen molar-refractivity contribution in [3.05, 3.63) is 40.7 Å². The van der Waals surface area contributed by atoms with Crippen molar-refractivity contribution in [2.24, 2.45) is 4.99 Å². The van der Waals surface area contributed by atoms with E-state index in [-0.39, 0.29) is 0 Å². The average molecular weight is 429 g/mol. The molecule has 1 aliphatic rings. The smallest absolute Gasteiger partial charge is 0.191 e. The van der Waals surface area contributed by atoms with Crippen molar-refractivity contribution in [2.45, 2.75) is 70.0 Å². The third-order valence-corrected chi connectivity index (χ3v) is 6.33. The molecule has 2 aromatic rings. The maximum atomic E-state index is 4.48. The number of aromatic nitrogens is 3. The maximum Gasteiger partial charge on any atom is 0.191 e. The summed E-state index contributed by atoms with van der Waals surface area (Å²) in [5.74, 6) is 1.99. The van der Waals surface area contributed by atoms with Gasteiger partial charge in [0.25, 0.3) is 0 Å². The number of hydrogen-bond acceptors (Lipinski definition) is 4. The molecular formula is C23H36N6S. The maximum absolute atomic E-state index is 4.48. The van der Waals surface area contributed by atoms with Crippen molar-refractivity contribution in [3.63, 3.8) is 0 Å². The van der Waals surface area contributed by atoms with Crippen molar-refractivity contribution in [1.82, 2.24) is 25.4 Å². The quantitative estimate of drug-likeness (QED) is 0.273. The van der Waals surface area contributed by atoms with Crippen LogP contribution in [0.5, 0.6) is 0 Å². The van der Waals surface area contributed by atoms with E-state index in [9.17, 15) is 0 Å². The molecule has 1 saturated carbocycles. The summed E-state index contributed by atoms with van der Waals surface area (Å²) in [5.41, 5.74) is 4.01. The molecule has 0 spiro atoms. The summed E-state index contributed by atoms with van der Waals surface area (Å²) < 4.78 is 2.40. The summed E-state index contributed by atoms with van der Waals surface area (Å²) >= 11 is 1.70. The van der Waals surface area contributed by atoms with Crippen LogP contribution in [0.4, 0.5) is 0 Å². The Hall–Kier alpha value is -2.02. The number of thioether (sulfide) groups is 1. The minimum atomic E-state index is 0.588. The Morgan fingerprint density at radius 1 is 1.07 bits per heavy atom. The summed E-state index contributed by atoms with van der Waals surface area (Å²) in [6.07, 6.45) is 10.2. The minimum Gasteiger partial charge on any atom is -0.356 e. The van der Waals surface area contributed by atoms with Crippen LogP contribution in [0.3, 0.4) is 0 Å². The lowest BCUT2D eigenvalue weighted by molar-refractivity contribution is 0.460. The van der Waals surface area contributed by atoms with Crippen molar-refractivity contribution >= 4 is 17.7 Å². The zero-order valence-electron chi connectivity index (χ0n) is 18.9. The van der Waals surface area contributed by atoms with E-state index in [1.54, 1.807) is 11.8 Å². The second-order valence-corrected chi connectivity index (χ2v) is 8.96. The van der Waals surface area contributed by atoms with Gasteiger partial charge in [-0.1, -0.05) is 53.9 Å². The molecule has 1 aromatic carbocycles. The van der Waals surface area contributed by atoms with Gasteiger partial charge in [-0.2, -0.15) is 0 Å². The van der Waals surface area contributed by atoms with Gasteiger partial charge in [0.15, 0.2) is 11.1 Å². The van der Waals surface area contributed by atoms with Gasteiger partial charge in [0.05, 0.1) is 0 Å². The lowest BCUT2D eigenvalue weighted by Crippen LogP contribution is -2.38. The molecule has 0 unspecified atom stereocenters. The first-order valence-electron chi connectivity index (χ1n) is 11.1. The Morgan fingerprint density at radius 3 is 2.43 bits per heavy atom. The highest BCUT2D eigenvalue weighted by Gasteiger charge is 2.23. The summed E-state index contributed by atoms with van der Waals surface area (Å²) in [5, 5.41) is 16.8. The van der Waals surface area contributed by atoms with Crippen molar-refractivity contribution in [1.29, 1.82) is 0 Å². The van der Waals surface area contributed by atoms with Gasteiger partial charge in [-0.3, -0.25) is 4.99 Å². The van der Waals surface area contributed by atoms with E-state index in [1.807, 2.05) is 7.05 Å². The number of aryl methyl sites for hydroxylation is 3. The molecule has 164 valence electrons. The number of aliphatic imine (C=N–C) groups is 1. The molecule has 0 amide bonds. The van der Waals surface area contributed by atoms with Crippen molar-refractivity contribution < 1.29 is 0 Å². The van der Waals surface area contributed by atoms with Crippen LogP contribution < -0.4 is 10.6 Å². The Balaban J connectivity index is 1.42. The summed E-state index contributed by atoms with van der Waals surface area (Å²) in [4.78, 5) is 4.35. The van der Waals surface area contributed by atoms with Crippen molar-refractivity contribution in [3.8, 4) is 0 Å². The van der Waals surface area contributed by atoms with E-state index >= 15 is 0 Å². The SMILES string of the molecule is CN=C(NCCCc1nnc(SC)n1C1CCCC1)NCCc1cc(C)cc(C)c1. The largest absolute Gasteiger partial charge is 0.356 e. The zero-order valence-corrected chi connectivity index (χ0v) is 19.7. The van der Waals surface area contributed by atoms with E-state index in [1.165, 1.54) is 42.4 Å². The molecule has 0 atom stereocenters. The fourth-order valence-electron chi connectivity index (χ4n) is 4.36. The molecule has 0 aliphatic heterocycles. The third-order valence-electron chi connectivity index (χ3n) is 5.69. The highest BCUT2D eigenvalue weighted by molar-refractivity contribution is 7.98. The molecule has 6 nitrogen and oxygen atoms in total. The number of nitrogens with one attached hydrogen (secondary N) is 2. The van der Waals surface area contributed by atoms with Gasteiger partial charge >= 0.3 is 0 Å². The summed E-state index contributed by atoms with van der Waals surface area (Å²) in [6, 6.07) is 7.32. The number of nitrogens with zero attached hydrogens (tertiary/aromatic N) is 4. The van der Waals surface area contributed by atoms with E-state index in [0.29, 0.717) is 6.04 Å². The standard InChI is InChI=1S/C23H36N6S/c1-17-14-18(2)16-19(15-17)11-13-26-22(24-3)25-12-7-10-21-27-28-23(30-4)29(21)20-8-5-6-9-20/h14-16,20H,5-13H2,1-4H3,(H2,24,25,26). The van der Waals surface area contributed by atoms with Crippen LogP contribution >= 0.6 is 11.8 Å². The van der Waals surface area contributed by atoms with Gasteiger partial charge < -0.3 is 15.2 Å². The molecule has 1 heterocycles. The Bertz CT molecular complexity index is 818. The van der Waals surface area contributed by atoms with Crippen LogP contribution in [0.15, 0.2) is 28.3 Å².